The summed E-state index contributed by atoms with van der Waals surface area (Å²) in [6.45, 7) is 0. The Hall–Kier alpha value is -0.980. The van der Waals surface area contributed by atoms with E-state index in [0.29, 0.717) is 0 Å². The molecule has 1 aromatic carbocycles. The van der Waals surface area contributed by atoms with Gasteiger partial charge in [-0.1, -0.05) is 6.07 Å². The average Bonchev–Trinajstić information content (AvgIpc) is 2.87. The molecule has 0 spiro atoms. The highest BCUT2D eigenvalue weighted by Gasteiger charge is 2.35. The lowest BCUT2D eigenvalue weighted by Crippen LogP contribution is -1.95. The van der Waals surface area contributed by atoms with Crippen LogP contribution in [0.15, 0.2) is 18.2 Å². The van der Waals surface area contributed by atoms with E-state index in [1.54, 1.807) is 5.56 Å². The lowest BCUT2D eigenvalue weighted by molar-refractivity contribution is 0.600. The molecule has 1 atom stereocenters. The Balaban J connectivity index is 2.01. The second-order valence-electron chi connectivity index (χ2n) is 4.44. The number of fused-ring (bicyclic) bond motifs is 1. The van der Waals surface area contributed by atoms with E-state index in [9.17, 15) is 0 Å². The van der Waals surface area contributed by atoms with Crippen molar-refractivity contribution in [3.05, 3.63) is 29.3 Å². The summed E-state index contributed by atoms with van der Waals surface area (Å²) in [5.74, 6) is 1.88. The van der Waals surface area contributed by atoms with Gasteiger partial charge in [0.1, 0.15) is 0 Å². The number of aryl methyl sites for hydroxylation is 1. The number of anilines is 1. The highest BCUT2D eigenvalue weighted by atomic mass is 14.5. The van der Waals surface area contributed by atoms with Crippen molar-refractivity contribution in [1.82, 2.24) is 0 Å². The van der Waals surface area contributed by atoms with Gasteiger partial charge in [0.25, 0.3) is 0 Å². The first-order valence-corrected chi connectivity index (χ1v) is 5.23. The van der Waals surface area contributed by atoms with E-state index in [1.807, 2.05) is 0 Å². The predicted molar refractivity (Wildman–Crippen MR) is 54.6 cm³/mol. The molecule has 1 saturated carbocycles. The summed E-state index contributed by atoms with van der Waals surface area (Å²) < 4.78 is 0. The highest BCUT2D eigenvalue weighted by Crippen LogP contribution is 2.49. The largest absolute Gasteiger partial charge is 0.399 e. The van der Waals surface area contributed by atoms with E-state index >= 15 is 0 Å². The Kier molecular flexibility index (Phi) is 1.43. The molecule has 1 fully saturated rings. The first-order valence-electron chi connectivity index (χ1n) is 5.23. The van der Waals surface area contributed by atoms with Crippen molar-refractivity contribution in [3.8, 4) is 0 Å². The first-order chi connectivity index (χ1) is 6.34. The third-order valence-electron chi connectivity index (χ3n) is 3.48. The lowest BCUT2D eigenvalue weighted by atomic mass is 9.96. The number of nitrogen functional groups attached to an aromatic ring is 1. The molecule has 2 aliphatic carbocycles. The Morgan fingerprint density at radius 1 is 1.15 bits per heavy atom. The van der Waals surface area contributed by atoms with E-state index in [2.05, 4.69) is 18.2 Å². The van der Waals surface area contributed by atoms with Gasteiger partial charge in [0, 0.05) is 5.69 Å². The van der Waals surface area contributed by atoms with Crippen molar-refractivity contribution in [2.75, 3.05) is 5.73 Å². The Morgan fingerprint density at radius 2 is 2.00 bits per heavy atom. The van der Waals surface area contributed by atoms with E-state index in [4.69, 9.17) is 5.73 Å². The summed E-state index contributed by atoms with van der Waals surface area (Å²) in [7, 11) is 0. The second kappa shape index (κ2) is 2.50. The molecule has 0 saturated heterocycles. The van der Waals surface area contributed by atoms with Crippen molar-refractivity contribution in [2.45, 2.75) is 31.6 Å². The van der Waals surface area contributed by atoms with E-state index in [-0.39, 0.29) is 0 Å². The molecular formula is C12H15N. The summed E-state index contributed by atoms with van der Waals surface area (Å²) in [5, 5.41) is 0. The molecule has 1 heteroatoms. The van der Waals surface area contributed by atoms with Crippen molar-refractivity contribution in [3.63, 3.8) is 0 Å². The quantitative estimate of drug-likeness (QED) is 0.649. The van der Waals surface area contributed by atoms with Crippen LogP contribution in [-0.4, -0.2) is 0 Å². The van der Waals surface area contributed by atoms with Gasteiger partial charge in [0.2, 0.25) is 0 Å². The van der Waals surface area contributed by atoms with Crippen molar-refractivity contribution in [1.29, 1.82) is 0 Å². The van der Waals surface area contributed by atoms with E-state index in [1.165, 1.54) is 31.2 Å². The predicted octanol–water partition coefficient (Wildman–Crippen LogP) is 2.71. The van der Waals surface area contributed by atoms with Crippen LogP contribution >= 0.6 is 0 Å². The fraction of sp³-hybridized carbons (Fsp3) is 0.500. The number of benzene rings is 1. The molecule has 1 aromatic rings. The summed E-state index contributed by atoms with van der Waals surface area (Å²) in [4.78, 5) is 0. The molecule has 0 heterocycles. The van der Waals surface area contributed by atoms with Crippen LogP contribution < -0.4 is 5.73 Å². The summed E-state index contributed by atoms with van der Waals surface area (Å²) in [6, 6.07) is 6.47. The van der Waals surface area contributed by atoms with Gasteiger partial charge in [-0.05, 0) is 60.8 Å². The van der Waals surface area contributed by atoms with Crippen LogP contribution in [0.3, 0.4) is 0 Å². The normalized spacial score (nSPS) is 26.0. The van der Waals surface area contributed by atoms with Gasteiger partial charge in [-0.25, -0.2) is 0 Å². The summed E-state index contributed by atoms with van der Waals surface area (Å²) in [6.07, 6.45) is 5.52. The Bertz CT molecular complexity index is 339. The van der Waals surface area contributed by atoms with Gasteiger partial charge in [0.05, 0.1) is 0 Å². The van der Waals surface area contributed by atoms with Crippen LogP contribution in [0, 0.1) is 5.92 Å². The fourth-order valence-corrected chi connectivity index (χ4v) is 2.66. The van der Waals surface area contributed by atoms with Gasteiger partial charge < -0.3 is 5.73 Å². The molecule has 0 radical (unpaired) electrons. The van der Waals surface area contributed by atoms with Crippen LogP contribution in [0.4, 0.5) is 5.69 Å². The van der Waals surface area contributed by atoms with Crippen LogP contribution in [-0.2, 0) is 6.42 Å². The number of hydrogen-bond acceptors (Lipinski definition) is 1. The minimum Gasteiger partial charge on any atom is -0.399 e. The minimum absolute atomic E-state index is 0.871. The molecule has 68 valence electrons. The first kappa shape index (κ1) is 7.43. The van der Waals surface area contributed by atoms with E-state index in [0.717, 1.165) is 17.5 Å². The Labute approximate surface area is 78.9 Å². The summed E-state index contributed by atoms with van der Waals surface area (Å²) >= 11 is 0. The van der Waals surface area contributed by atoms with Gasteiger partial charge >= 0.3 is 0 Å². The molecule has 13 heavy (non-hydrogen) atoms. The third-order valence-corrected chi connectivity index (χ3v) is 3.48. The lowest BCUT2D eigenvalue weighted by Gasteiger charge is -2.09. The number of nitrogens with two attached hydrogens (primary N) is 1. The highest BCUT2D eigenvalue weighted by molar-refractivity contribution is 5.48. The zero-order chi connectivity index (χ0) is 8.84. The smallest absolute Gasteiger partial charge is 0.0316 e. The molecule has 0 aliphatic heterocycles. The topological polar surface area (TPSA) is 26.0 Å². The molecule has 1 unspecified atom stereocenters. The van der Waals surface area contributed by atoms with Gasteiger partial charge in [0.15, 0.2) is 0 Å². The number of rotatable bonds is 1. The van der Waals surface area contributed by atoms with Crippen LogP contribution in [0.5, 0.6) is 0 Å². The summed E-state index contributed by atoms with van der Waals surface area (Å²) in [5.41, 5.74) is 9.80. The van der Waals surface area contributed by atoms with Crippen LogP contribution in [0.25, 0.3) is 0 Å². The molecule has 3 rings (SSSR count). The number of hydrogen-bond donors (Lipinski definition) is 1. The second-order valence-corrected chi connectivity index (χ2v) is 4.44. The van der Waals surface area contributed by atoms with Crippen molar-refractivity contribution in [2.24, 2.45) is 5.92 Å². The van der Waals surface area contributed by atoms with Crippen LogP contribution in [0.2, 0.25) is 0 Å². The molecular weight excluding hydrogens is 158 g/mol. The maximum absolute atomic E-state index is 5.77. The molecule has 1 nitrogen and oxygen atoms in total. The zero-order valence-electron chi connectivity index (χ0n) is 7.79. The molecule has 0 aromatic heterocycles. The van der Waals surface area contributed by atoms with Gasteiger partial charge in [-0.15, -0.1) is 0 Å². The standard InChI is InChI=1S/C12H15N/c13-10-4-6-12-9(7-10)3-5-11(12)8-1-2-8/h4,6-8,11H,1-3,5,13H2. The SMILES string of the molecule is Nc1ccc2c(c1)CCC2C1CC1. The fourth-order valence-electron chi connectivity index (χ4n) is 2.66. The zero-order valence-corrected chi connectivity index (χ0v) is 7.79. The maximum atomic E-state index is 5.77. The van der Waals surface area contributed by atoms with Gasteiger partial charge in [-0.2, -0.15) is 0 Å². The van der Waals surface area contributed by atoms with Crippen molar-refractivity contribution < 1.29 is 0 Å². The van der Waals surface area contributed by atoms with Crippen molar-refractivity contribution >= 4 is 5.69 Å². The maximum Gasteiger partial charge on any atom is 0.0316 e. The average molecular weight is 173 g/mol. The molecule has 0 bridgehead atoms. The minimum atomic E-state index is 0.871. The monoisotopic (exact) mass is 173 g/mol. The van der Waals surface area contributed by atoms with E-state index < -0.39 is 0 Å². The molecule has 2 N–H and O–H groups in total. The molecule has 2 aliphatic rings. The van der Waals surface area contributed by atoms with Crippen LogP contribution in [0.1, 0.15) is 36.3 Å². The Morgan fingerprint density at radius 3 is 2.77 bits per heavy atom. The van der Waals surface area contributed by atoms with Gasteiger partial charge in [-0.3, -0.25) is 0 Å². The third kappa shape index (κ3) is 1.14. The molecule has 0 amide bonds.